The maximum Gasteiger partial charge on any atom is 0.255 e. The minimum Gasteiger partial charge on any atom is -0.490 e. The van der Waals surface area contributed by atoms with E-state index in [9.17, 15) is 14.4 Å². The van der Waals surface area contributed by atoms with Gasteiger partial charge in [-0.3, -0.25) is 19.7 Å². The third kappa shape index (κ3) is 4.55. The molecule has 1 aliphatic carbocycles. The van der Waals surface area contributed by atoms with Crippen LogP contribution in [-0.2, 0) is 19.1 Å². The van der Waals surface area contributed by atoms with Crippen molar-refractivity contribution >= 4 is 17.7 Å². The van der Waals surface area contributed by atoms with Crippen molar-refractivity contribution in [1.29, 1.82) is 0 Å². The summed E-state index contributed by atoms with van der Waals surface area (Å²) in [6.45, 7) is 5.75. The molecular weight excluding hydrogens is 296 g/mol. The van der Waals surface area contributed by atoms with Crippen LogP contribution < -0.4 is 10.6 Å². The maximum absolute atomic E-state index is 12.6. The summed E-state index contributed by atoms with van der Waals surface area (Å²) in [6, 6.07) is -0.699. The normalized spacial score (nSPS) is 21.7. The predicted molar refractivity (Wildman–Crippen MR) is 85.1 cm³/mol. The fourth-order valence-electron chi connectivity index (χ4n) is 2.41. The molecule has 2 N–H and O–H groups in total. The molecule has 0 saturated carbocycles. The lowest BCUT2D eigenvalue weighted by molar-refractivity contribution is -0.136. The quantitative estimate of drug-likeness (QED) is 0.769. The summed E-state index contributed by atoms with van der Waals surface area (Å²) in [4.78, 5) is 35.5. The molecule has 0 radical (unpaired) electrons. The molecule has 2 rings (SSSR count). The van der Waals surface area contributed by atoms with E-state index in [0.717, 1.165) is 12.0 Å². The topological polar surface area (TPSA) is 84.5 Å². The first kappa shape index (κ1) is 17.0. The molecule has 6 heteroatoms. The van der Waals surface area contributed by atoms with E-state index in [1.165, 1.54) is 0 Å². The van der Waals surface area contributed by atoms with Crippen LogP contribution in [0.1, 0.15) is 40.0 Å². The third-order valence-corrected chi connectivity index (χ3v) is 3.52. The molecular formula is C17H22N2O4. The Morgan fingerprint density at radius 2 is 2.13 bits per heavy atom. The van der Waals surface area contributed by atoms with E-state index < -0.39 is 11.9 Å². The summed E-state index contributed by atoms with van der Waals surface area (Å²) in [7, 11) is 0. The van der Waals surface area contributed by atoms with E-state index in [1.807, 2.05) is 32.9 Å². The number of hydrogen-bond donors (Lipinski definition) is 2. The highest BCUT2D eigenvalue weighted by molar-refractivity contribution is 6.04. The summed E-state index contributed by atoms with van der Waals surface area (Å²) >= 11 is 0. The summed E-state index contributed by atoms with van der Waals surface area (Å²) in [5, 5.41) is 4.91. The first-order chi connectivity index (χ1) is 10.9. The van der Waals surface area contributed by atoms with Gasteiger partial charge in [-0.1, -0.05) is 11.6 Å². The standard InChI is InChI=1S/C17H22N2O4/c1-10(2)23-14-9-11(3)5-4-6-12(14)16(21)18-13-7-8-15(20)19-17(13)22/h4,6,9-10,13H,5,7-8H2,1-3H3,(H,18,21)(H,19,20,22). The Hall–Kier alpha value is -2.37. The van der Waals surface area contributed by atoms with Gasteiger partial charge in [0, 0.05) is 6.42 Å². The van der Waals surface area contributed by atoms with E-state index in [0.29, 0.717) is 17.8 Å². The molecule has 0 aromatic carbocycles. The zero-order chi connectivity index (χ0) is 17.0. The SMILES string of the molecule is CC1=CC(OC(C)C)=C(C(=O)NC2CCC(=O)NC2=O)C=CC1. The van der Waals surface area contributed by atoms with Crippen molar-refractivity contribution in [2.24, 2.45) is 0 Å². The van der Waals surface area contributed by atoms with Crippen LogP contribution >= 0.6 is 0 Å². The second-order valence-electron chi connectivity index (χ2n) is 6.02. The largest absolute Gasteiger partial charge is 0.490 e. The second kappa shape index (κ2) is 7.26. The molecule has 23 heavy (non-hydrogen) atoms. The highest BCUT2D eigenvalue weighted by Crippen LogP contribution is 2.20. The van der Waals surface area contributed by atoms with Gasteiger partial charge in [0.25, 0.3) is 5.91 Å². The summed E-state index contributed by atoms with van der Waals surface area (Å²) in [5.41, 5.74) is 1.47. The number of carbonyl (C=O) groups excluding carboxylic acids is 3. The lowest BCUT2D eigenvalue weighted by Crippen LogP contribution is -2.52. The van der Waals surface area contributed by atoms with Crippen LogP contribution in [0.15, 0.2) is 35.1 Å². The smallest absolute Gasteiger partial charge is 0.255 e. The molecule has 3 amide bonds. The number of piperidine rings is 1. The highest BCUT2D eigenvalue weighted by atomic mass is 16.5. The summed E-state index contributed by atoms with van der Waals surface area (Å²) < 4.78 is 5.74. The number of ether oxygens (including phenoxy) is 1. The Kier molecular flexibility index (Phi) is 5.36. The Balaban J connectivity index is 2.20. The van der Waals surface area contributed by atoms with E-state index in [-0.39, 0.29) is 24.3 Å². The molecule has 0 aromatic heterocycles. The zero-order valence-corrected chi connectivity index (χ0v) is 13.6. The van der Waals surface area contributed by atoms with Gasteiger partial charge in [0.1, 0.15) is 11.8 Å². The van der Waals surface area contributed by atoms with E-state index >= 15 is 0 Å². The molecule has 1 saturated heterocycles. The van der Waals surface area contributed by atoms with Crippen LogP contribution in [0.3, 0.4) is 0 Å². The minimum atomic E-state index is -0.699. The van der Waals surface area contributed by atoms with Gasteiger partial charge in [-0.15, -0.1) is 0 Å². The van der Waals surface area contributed by atoms with Crippen LogP contribution in [-0.4, -0.2) is 29.9 Å². The average Bonchev–Trinajstić information content (AvgIpc) is 2.62. The number of nitrogens with one attached hydrogen (secondary N) is 2. The first-order valence-electron chi connectivity index (χ1n) is 7.76. The van der Waals surface area contributed by atoms with Crippen molar-refractivity contribution in [1.82, 2.24) is 10.6 Å². The van der Waals surface area contributed by atoms with Gasteiger partial charge >= 0.3 is 0 Å². The van der Waals surface area contributed by atoms with Gasteiger partial charge in [0.2, 0.25) is 11.8 Å². The number of allylic oxidation sites excluding steroid dienone is 3. The Morgan fingerprint density at radius 1 is 1.39 bits per heavy atom. The van der Waals surface area contributed by atoms with Crippen molar-refractivity contribution in [3.8, 4) is 0 Å². The van der Waals surface area contributed by atoms with Gasteiger partial charge in [-0.05, 0) is 45.8 Å². The molecule has 1 heterocycles. The molecule has 0 bridgehead atoms. The molecule has 1 aliphatic heterocycles. The summed E-state index contributed by atoms with van der Waals surface area (Å²) in [5.74, 6) is -0.657. The van der Waals surface area contributed by atoms with Crippen LogP contribution in [0, 0.1) is 0 Å². The van der Waals surface area contributed by atoms with Gasteiger partial charge in [-0.2, -0.15) is 0 Å². The monoisotopic (exact) mass is 318 g/mol. The predicted octanol–water partition coefficient (Wildman–Crippen LogP) is 1.49. The molecule has 1 fully saturated rings. The molecule has 6 nitrogen and oxygen atoms in total. The maximum atomic E-state index is 12.6. The molecule has 0 aromatic rings. The lowest BCUT2D eigenvalue weighted by Gasteiger charge is -2.22. The minimum absolute atomic E-state index is 0.0704. The Labute approximate surface area is 135 Å². The number of rotatable bonds is 4. The van der Waals surface area contributed by atoms with E-state index in [1.54, 1.807) is 6.08 Å². The van der Waals surface area contributed by atoms with E-state index in [4.69, 9.17) is 4.74 Å². The first-order valence-corrected chi connectivity index (χ1v) is 7.76. The van der Waals surface area contributed by atoms with Gasteiger partial charge < -0.3 is 10.1 Å². The number of imide groups is 1. The van der Waals surface area contributed by atoms with Crippen molar-refractivity contribution in [3.63, 3.8) is 0 Å². The third-order valence-electron chi connectivity index (χ3n) is 3.52. The van der Waals surface area contributed by atoms with Crippen LogP contribution in [0.5, 0.6) is 0 Å². The van der Waals surface area contributed by atoms with Gasteiger partial charge in [0.15, 0.2) is 0 Å². The number of hydrogen-bond acceptors (Lipinski definition) is 4. The number of amides is 3. The Morgan fingerprint density at radius 3 is 2.78 bits per heavy atom. The van der Waals surface area contributed by atoms with Crippen molar-refractivity contribution in [2.45, 2.75) is 52.2 Å². The molecule has 1 unspecified atom stereocenters. The second-order valence-corrected chi connectivity index (χ2v) is 6.02. The van der Waals surface area contributed by atoms with Crippen molar-refractivity contribution < 1.29 is 19.1 Å². The average molecular weight is 318 g/mol. The molecule has 124 valence electrons. The zero-order valence-electron chi connectivity index (χ0n) is 13.6. The Bertz CT molecular complexity index is 614. The summed E-state index contributed by atoms with van der Waals surface area (Å²) in [6.07, 6.45) is 6.65. The number of carbonyl (C=O) groups is 3. The lowest BCUT2D eigenvalue weighted by atomic mass is 10.1. The van der Waals surface area contributed by atoms with E-state index in [2.05, 4.69) is 10.6 Å². The van der Waals surface area contributed by atoms with Gasteiger partial charge in [0.05, 0.1) is 11.7 Å². The molecule has 0 spiro atoms. The van der Waals surface area contributed by atoms with Crippen LogP contribution in [0.4, 0.5) is 0 Å². The van der Waals surface area contributed by atoms with Crippen molar-refractivity contribution in [3.05, 3.63) is 35.1 Å². The van der Waals surface area contributed by atoms with Gasteiger partial charge in [-0.25, -0.2) is 0 Å². The van der Waals surface area contributed by atoms with Crippen LogP contribution in [0.2, 0.25) is 0 Å². The van der Waals surface area contributed by atoms with Crippen molar-refractivity contribution in [2.75, 3.05) is 0 Å². The highest BCUT2D eigenvalue weighted by Gasteiger charge is 2.29. The fourth-order valence-corrected chi connectivity index (χ4v) is 2.41. The van der Waals surface area contributed by atoms with Crippen LogP contribution in [0.25, 0.3) is 0 Å². The fraction of sp³-hybridized carbons (Fsp3) is 0.471. The molecule has 2 aliphatic rings. The molecule has 1 atom stereocenters.